The molecule has 2 atom stereocenters. The summed E-state index contributed by atoms with van der Waals surface area (Å²) in [4.78, 5) is 13.2. The highest BCUT2D eigenvalue weighted by Gasteiger charge is 2.31. The minimum Gasteiger partial charge on any atom is -0.406 e. The maximum absolute atomic E-state index is 13.1. The van der Waals surface area contributed by atoms with Gasteiger partial charge in [0.15, 0.2) is 5.92 Å². The first kappa shape index (κ1) is 31.9. The van der Waals surface area contributed by atoms with Crippen LogP contribution >= 0.6 is 12.2 Å². The third-order valence-electron chi connectivity index (χ3n) is 7.12. The number of thiocarbonyl (C=S) groups is 1. The van der Waals surface area contributed by atoms with Crippen molar-refractivity contribution in [2.24, 2.45) is 16.9 Å². The van der Waals surface area contributed by atoms with Crippen LogP contribution in [0.2, 0.25) is 0 Å². The average Bonchev–Trinajstić information content (AvgIpc) is 3.23. The number of hydrazone groups is 1. The first-order valence-corrected chi connectivity index (χ1v) is 14.7. The van der Waals surface area contributed by atoms with Crippen LogP contribution in [-0.4, -0.2) is 23.0 Å². The molecule has 0 bridgehead atoms. The van der Waals surface area contributed by atoms with Crippen LogP contribution in [0.1, 0.15) is 18.9 Å². The Morgan fingerprint density at radius 3 is 2.30 bits per heavy atom. The first-order chi connectivity index (χ1) is 22.1. The first-order valence-electron chi connectivity index (χ1n) is 14.3. The minimum atomic E-state index is -4.77. The number of carbonyl (C=O) groups is 1. The molecule has 1 aliphatic rings. The molecule has 0 spiro atoms. The third kappa shape index (κ3) is 7.97. The van der Waals surface area contributed by atoms with Crippen molar-refractivity contribution in [1.82, 2.24) is 0 Å². The van der Waals surface area contributed by atoms with E-state index in [1.807, 2.05) is 85.8 Å². The Balaban J connectivity index is 1.27. The number of nitriles is 1. The van der Waals surface area contributed by atoms with E-state index >= 15 is 0 Å². The molecule has 2 unspecified atom stereocenters. The Morgan fingerprint density at radius 2 is 1.63 bits per heavy atom. The fraction of sp³-hybridized carbons (Fsp3) is 0.143. The molecule has 0 radical (unpaired) electrons. The maximum atomic E-state index is 13.1. The quantitative estimate of drug-likeness (QED) is 0.188. The molecule has 5 rings (SSSR count). The Kier molecular flexibility index (Phi) is 9.79. The highest BCUT2D eigenvalue weighted by atomic mass is 32.1. The minimum absolute atomic E-state index is 0.0275. The summed E-state index contributed by atoms with van der Waals surface area (Å²) in [5.74, 6) is -2.10. The van der Waals surface area contributed by atoms with Crippen molar-refractivity contribution in [3.8, 4) is 22.9 Å². The van der Waals surface area contributed by atoms with Crippen LogP contribution in [-0.2, 0) is 4.79 Å². The van der Waals surface area contributed by atoms with Gasteiger partial charge < -0.3 is 15.4 Å². The summed E-state index contributed by atoms with van der Waals surface area (Å²) in [5.41, 5.74) is 5.10. The van der Waals surface area contributed by atoms with E-state index < -0.39 is 18.2 Å². The zero-order chi connectivity index (χ0) is 32.7. The van der Waals surface area contributed by atoms with Gasteiger partial charge in [-0.2, -0.15) is 10.4 Å². The molecule has 0 saturated heterocycles. The number of carbonyl (C=O) groups excluding carboxylic acids is 1. The highest BCUT2D eigenvalue weighted by molar-refractivity contribution is 7.80. The fourth-order valence-electron chi connectivity index (χ4n) is 4.85. The number of nitrogens with one attached hydrogen (secondary N) is 2. The van der Waals surface area contributed by atoms with Crippen LogP contribution in [0.4, 0.5) is 30.2 Å². The molecular formula is C35H28F3N5O2S. The predicted octanol–water partition coefficient (Wildman–Crippen LogP) is 8.53. The van der Waals surface area contributed by atoms with Crippen molar-refractivity contribution in [2.75, 3.05) is 15.6 Å². The van der Waals surface area contributed by atoms with Crippen LogP contribution in [0.25, 0.3) is 11.1 Å². The fourth-order valence-corrected chi connectivity index (χ4v) is 5.12. The van der Waals surface area contributed by atoms with E-state index in [-0.39, 0.29) is 16.7 Å². The summed E-state index contributed by atoms with van der Waals surface area (Å²) >= 11 is 5.49. The molecule has 4 aromatic rings. The third-order valence-corrected chi connectivity index (χ3v) is 7.46. The molecule has 7 nitrogen and oxygen atoms in total. The summed E-state index contributed by atoms with van der Waals surface area (Å²) in [6.07, 6.45) is -0.393. The molecule has 1 amide bonds. The lowest BCUT2D eigenvalue weighted by Crippen LogP contribution is -2.31. The summed E-state index contributed by atoms with van der Waals surface area (Å²) in [6, 6.07) is 31.7. The average molecular weight is 640 g/mol. The Bertz CT molecular complexity index is 1800. The number of amides is 1. The summed E-state index contributed by atoms with van der Waals surface area (Å²) in [5, 5.41) is 22.1. The monoisotopic (exact) mass is 639 g/mol. The van der Waals surface area contributed by atoms with Gasteiger partial charge in [0.25, 0.3) is 0 Å². The van der Waals surface area contributed by atoms with E-state index in [0.29, 0.717) is 23.5 Å². The van der Waals surface area contributed by atoms with E-state index in [0.717, 1.165) is 22.4 Å². The lowest BCUT2D eigenvalue weighted by Gasteiger charge is -2.18. The second kappa shape index (κ2) is 14.1. The molecule has 2 N–H and O–H groups in total. The van der Waals surface area contributed by atoms with Crippen molar-refractivity contribution >= 4 is 45.9 Å². The zero-order valence-electron chi connectivity index (χ0n) is 24.5. The van der Waals surface area contributed by atoms with E-state index in [1.165, 1.54) is 24.3 Å². The number of hydrogen-bond donors (Lipinski definition) is 2. The number of nitrogens with zero attached hydrogens (tertiary/aromatic N) is 3. The predicted molar refractivity (Wildman–Crippen MR) is 177 cm³/mol. The van der Waals surface area contributed by atoms with Gasteiger partial charge in [0, 0.05) is 29.1 Å². The Labute approximate surface area is 269 Å². The number of alkyl halides is 3. The van der Waals surface area contributed by atoms with Gasteiger partial charge in [-0.05, 0) is 60.0 Å². The lowest BCUT2D eigenvalue weighted by molar-refractivity contribution is -0.274. The van der Waals surface area contributed by atoms with Crippen LogP contribution in [0, 0.1) is 23.2 Å². The summed E-state index contributed by atoms with van der Waals surface area (Å²) in [7, 11) is 0. The molecule has 11 heteroatoms. The van der Waals surface area contributed by atoms with Crippen LogP contribution in [0.15, 0.2) is 121 Å². The lowest BCUT2D eigenvalue weighted by atomic mass is 9.95. The van der Waals surface area contributed by atoms with E-state index in [1.54, 1.807) is 23.3 Å². The molecule has 0 aliphatic carbocycles. The van der Waals surface area contributed by atoms with Gasteiger partial charge in [-0.1, -0.05) is 85.9 Å². The molecule has 1 aliphatic heterocycles. The topological polar surface area (TPSA) is 89.8 Å². The van der Waals surface area contributed by atoms with Crippen molar-refractivity contribution in [2.45, 2.75) is 19.7 Å². The molecule has 4 aromatic carbocycles. The van der Waals surface area contributed by atoms with Gasteiger partial charge >= 0.3 is 6.36 Å². The second-order valence-corrected chi connectivity index (χ2v) is 10.9. The highest BCUT2D eigenvalue weighted by Crippen LogP contribution is 2.30. The summed E-state index contributed by atoms with van der Waals surface area (Å²) in [6.45, 7) is 2.02. The van der Waals surface area contributed by atoms with Gasteiger partial charge in [0.1, 0.15) is 10.7 Å². The molecule has 232 valence electrons. The molecule has 46 heavy (non-hydrogen) atoms. The largest absolute Gasteiger partial charge is 0.573 e. The van der Waals surface area contributed by atoms with E-state index in [9.17, 15) is 23.2 Å². The van der Waals surface area contributed by atoms with Gasteiger partial charge in [-0.25, -0.2) is 5.01 Å². The number of rotatable bonds is 8. The molecular weight excluding hydrogens is 611 g/mol. The molecule has 0 fully saturated rings. The van der Waals surface area contributed by atoms with Gasteiger partial charge in [-0.3, -0.25) is 4.79 Å². The number of allylic oxidation sites excluding steroid dienone is 1. The van der Waals surface area contributed by atoms with Gasteiger partial charge in [0.2, 0.25) is 5.91 Å². The van der Waals surface area contributed by atoms with Gasteiger partial charge in [0.05, 0.1) is 17.5 Å². The number of halogens is 3. The summed E-state index contributed by atoms with van der Waals surface area (Å²) < 4.78 is 41.6. The number of benzene rings is 4. The Hall–Kier alpha value is -5.47. The zero-order valence-corrected chi connectivity index (χ0v) is 25.3. The van der Waals surface area contributed by atoms with Crippen LogP contribution < -0.4 is 20.4 Å². The second-order valence-electron chi connectivity index (χ2n) is 10.4. The van der Waals surface area contributed by atoms with Gasteiger partial charge in [-0.15, -0.1) is 13.2 Å². The number of anilines is 3. The van der Waals surface area contributed by atoms with Crippen molar-refractivity contribution in [1.29, 1.82) is 5.26 Å². The van der Waals surface area contributed by atoms with E-state index in [2.05, 4.69) is 15.4 Å². The molecule has 1 heterocycles. The van der Waals surface area contributed by atoms with Crippen molar-refractivity contribution < 1.29 is 22.7 Å². The number of hydrogen-bond acceptors (Lipinski definition) is 6. The van der Waals surface area contributed by atoms with Crippen LogP contribution in [0.3, 0.4) is 0 Å². The van der Waals surface area contributed by atoms with Crippen molar-refractivity contribution in [3.05, 3.63) is 121 Å². The smallest absolute Gasteiger partial charge is 0.406 e. The molecule has 0 saturated carbocycles. The van der Waals surface area contributed by atoms with E-state index in [4.69, 9.17) is 17.3 Å². The van der Waals surface area contributed by atoms with Crippen LogP contribution in [0.5, 0.6) is 5.75 Å². The number of para-hydroxylation sites is 1. The standard InChI is InChI=1S/C35H28F3N5O2S/c1-23-8-7-21-43(27-17-19-28(20-18-27)45-35(36,37)38)42-32(23)25-13-15-26(16-14-25)40-33(44)30(22-39)34(46)41-31-12-6-5-11-29(31)24-9-3-2-4-10-24/h2-7,9-21,23,30H,8H2,1H3,(H,40,44)(H,41,46). The maximum Gasteiger partial charge on any atom is 0.573 e. The number of ether oxygens (including phenoxy) is 1. The normalized spacial score (nSPS) is 15.2. The van der Waals surface area contributed by atoms with Crippen molar-refractivity contribution in [3.63, 3.8) is 0 Å². The SMILES string of the molecule is CC1CC=CN(c2ccc(OC(F)(F)F)cc2)N=C1c1ccc(NC(=O)C(C#N)C(=S)Nc2ccccc2-c2ccccc2)cc1. The Morgan fingerprint density at radius 1 is 0.957 bits per heavy atom. The molecule has 0 aromatic heterocycles.